The van der Waals surface area contributed by atoms with Crippen LogP contribution < -0.4 is 4.57 Å². The second-order valence-electron chi connectivity index (χ2n) is 3.45. The highest BCUT2D eigenvalue weighted by Gasteiger charge is 2.03. The molecule has 2 aromatic rings. The van der Waals surface area contributed by atoms with Crippen molar-refractivity contribution < 1.29 is 9.36 Å². The fourth-order valence-electron chi connectivity index (χ4n) is 1.41. The number of carbonyl (C=O) groups excluding carboxylic acids is 1. The van der Waals surface area contributed by atoms with Crippen molar-refractivity contribution in [3.63, 3.8) is 0 Å². The van der Waals surface area contributed by atoms with Crippen molar-refractivity contribution >= 4 is 17.1 Å². The topological polar surface area (TPSA) is 20.9 Å². The fourth-order valence-corrected chi connectivity index (χ4v) is 2.01. The fraction of sp³-hybridized carbons (Fsp3) is 0.167. The zero-order valence-corrected chi connectivity index (χ0v) is 9.33. The van der Waals surface area contributed by atoms with Crippen molar-refractivity contribution in [2.45, 2.75) is 13.5 Å². The summed E-state index contributed by atoms with van der Waals surface area (Å²) in [5.74, 6) is 0.115. The van der Waals surface area contributed by atoms with E-state index in [-0.39, 0.29) is 5.78 Å². The molecule has 1 aromatic carbocycles. The van der Waals surface area contributed by atoms with Crippen molar-refractivity contribution in [2.24, 2.45) is 0 Å². The van der Waals surface area contributed by atoms with Gasteiger partial charge in [0, 0.05) is 11.1 Å². The number of benzene rings is 1. The van der Waals surface area contributed by atoms with Crippen LogP contribution in [0.3, 0.4) is 0 Å². The van der Waals surface area contributed by atoms with Crippen molar-refractivity contribution in [1.29, 1.82) is 0 Å². The highest BCUT2D eigenvalue weighted by atomic mass is 32.1. The molecule has 0 amide bonds. The minimum Gasteiger partial charge on any atom is -0.295 e. The number of carbonyl (C=O) groups is 1. The Morgan fingerprint density at radius 2 is 2.07 bits per heavy atom. The molecule has 2 nitrogen and oxygen atoms in total. The number of ketones is 1. The van der Waals surface area contributed by atoms with E-state index in [0.29, 0.717) is 0 Å². The third kappa shape index (κ3) is 2.50. The minimum atomic E-state index is 0.115. The van der Waals surface area contributed by atoms with Gasteiger partial charge in [0.05, 0.1) is 5.38 Å². The Balaban J connectivity index is 2.14. The van der Waals surface area contributed by atoms with Crippen LogP contribution in [0.25, 0.3) is 0 Å². The van der Waals surface area contributed by atoms with Crippen LogP contribution in [-0.2, 0) is 6.54 Å². The summed E-state index contributed by atoms with van der Waals surface area (Å²) in [6, 6.07) is 7.76. The highest BCUT2D eigenvalue weighted by molar-refractivity contribution is 7.07. The Labute approximate surface area is 92.8 Å². The molecule has 0 unspecified atom stereocenters. The van der Waals surface area contributed by atoms with Gasteiger partial charge in [-0.3, -0.25) is 4.79 Å². The molecule has 3 heteroatoms. The van der Waals surface area contributed by atoms with E-state index in [0.717, 1.165) is 12.1 Å². The molecule has 0 aliphatic heterocycles. The van der Waals surface area contributed by atoms with Crippen molar-refractivity contribution in [2.75, 3.05) is 0 Å². The summed E-state index contributed by atoms with van der Waals surface area (Å²) in [5, 5.41) is 2.05. The molecule has 0 aliphatic carbocycles. The Morgan fingerprint density at radius 3 is 2.60 bits per heavy atom. The van der Waals surface area contributed by atoms with Crippen molar-refractivity contribution in [3.8, 4) is 0 Å². The van der Waals surface area contributed by atoms with Crippen LogP contribution in [0.1, 0.15) is 22.8 Å². The SMILES string of the molecule is CC(=O)c1ccc(C[n+]2ccsc2)cc1. The first kappa shape index (κ1) is 10.1. The van der Waals surface area contributed by atoms with E-state index < -0.39 is 0 Å². The molecule has 0 saturated carbocycles. The van der Waals surface area contributed by atoms with Crippen LogP contribution in [-0.4, -0.2) is 5.78 Å². The summed E-state index contributed by atoms with van der Waals surface area (Å²) in [6.45, 7) is 2.45. The second kappa shape index (κ2) is 4.36. The molecule has 1 heterocycles. The zero-order chi connectivity index (χ0) is 10.7. The van der Waals surface area contributed by atoms with E-state index in [1.807, 2.05) is 35.8 Å². The maximum atomic E-state index is 11.1. The summed E-state index contributed by atoms with van der Waals surface area (Å²) in [4.78, 5) is 11.1. The first-order valence-corrected chi connectivity index (χ1v) is 5.71. The molecule has 0 aliphatic rings. The summed E-state index contributed by atoms with van der Waals surface area (Å²) in [7, 11) is 0. The van der Waals surface area contributed by atoms with E-state index in [4.69, 9.17) is 0 Å². The van der Waals surface area contributed by atoms with Crippen LogP contribution in [0.5, 0.6) is 0 Å². The second-order valence-corrected chi connectivity index (χ2v) is 4.21. The highest BCUT2D eigenvalue weighted by Crippen LogP contribution is 2.05. The number of thiazole rings is 1. The van der Waals surface area contributed by atoms with Gasteiger partial charge in [-0.05, 0) is 6.92 Å². The number of hydrogen-bond acceptors (Lipinski definition) is 2. The molecule has 15 heavy (non-hydrogen) atoms. The Bertz CT molecular complexity index is 445. The van der Waals surface area contributed by atoms with Crippen LogP contribution in [0, 0.1) is 0 Å². The van der Waals surface area contributed by atoms with Crippen LogP contribution in [0.2, 0.25) is 0 Å². The smallest absolute Gasteiger partial charge is 0.224 e. The number of aromatic nitrogens is 1. The molecule has 1 aromatic heterocycles. The standard InChI is InChI=1S/C12H12NOS/c1-10(14)12-4-2-11(3-5-12)8-13-6-7-15-9-13/h2-7,9H,8H2,1H3/q+1. The third-order valence-electron chi connectivity index (χ3n) is 2.25. The Kier molecular flexibility index (Phi) is 2.92. The van der Waals surface area contributed by atoms with Crippen LogP contribution >= 0.6 is 11.3 Å². The molecule has 0 spiro atoms. The lowest BCUT2D eigenvalue weighted by Gasteiger charge is -1.97. The van der Waals surface area contributed by atoms with Gasteiger partial charge in [0.1, 0.15) is 0 Å². The van der Waals surface area contributed by atoms with E-state index in [2.05, 4.69) is 10.1 Å². The summed E-state index contributed by atoms with van der Waals surface area (Å²) in [6.07, 6.45) is 2.05. The van der Waals surface area contributed by atoms with Gasteiger partial charge in [0.15, 0.2) is 18.5 Å². The quantitative estimate of drug-likeness (QED) is 0.572. The van der Waals surface area contributed by atoms with E-state index >= 15 is 0 Å². The minimum absolute atomic E-state index is 0.115. The van der Waals surface area contributed by atoms with Crippen molar-refractivity contribution in [3.05, 3.63) is 52.5 Å². The monoisotopic (exact) mass is 218 g/mol. The van der Waals surface area contributed by atoms with E-state index in [1.54, 1.807) is 18.3 Å². The lowest BCUT2D eigenvalue weighted by Crippen LogP contribution is -2.30. The Hall–Kier alpha value is -1.48. The molecule has 0 saturated heterocycles. The molecule has 2 rings (SSSR count). The largest absolute Gasteiger partial charge is 0.295 e. The number of hydrogen-bond donors (Lipinski definition) is 0. The maximum Gasteiger partial charge on any atom is 0.224 e. The third-order valence-corrected chi connectivity index (χ3v) is 2.92. The zero-order valence-electron chi connectivity index (χ0n) is 8.51. The first-order chi connectivity index (χ1) is 7.25. The molecule has 0 bridgehead atoms. The molecule has 76 valence electrons. The molecule has 0 N–H and O–H groups in total. The average molecular weight is 218 g/mol. The average Bonchev–Trinajstić information content (AvgIpc) is 2.71. The van der Waals surface area contributed by atoms with Gasteiger partial charge in [-0.2, -0.15) is 4.57 Å². The lowest BCUT2D eigenvalue weighted by atomic mass is 10.1. The predicted molar refractivity (Wildman–Crippen MR) is 60.1 cm³/mol. The number of Topliss-reactive ketones (excluding diaryl/α,β-unsaturated/α-hetero) is 1. The first-order valence-electron chi connectivity index (χ1n) is 4.77. The van der Waals surface area contributed by atoms with Gasteiger partial charge in [-0.1, -0.05) is 35.6 Å². The van der Waals surface area contributed by atoms with Crippen LogP contribution in [0.15, 0.2) is 41.4 Å². The molecule has 0 radical (unpaired) electrons. The number of nitrogens with zero attached hydrogens (tertiary/aromatic N) is 1. The van der Waals surface area contributed by atoms with E-state index in [9.17, 15) is 4.79 Å². The summed E-state index contributed by atoms with van der Waals surface area (Å²) >= 11 is 1.68. The van der Waals surface area contributed by atoms with Gasteiger partial charge in [-0.15, -0.1) is 0 Å². The molecule has 0 fully saturated rings. The summed E-state index contributed by atoms with van der Waals surface area (Å²) in [5.41, 5.74) is 4.05. The molecular weight excluding hydrogens is 206 g/mol. The maximum absolute atomic E-state index is 11.1. The molecular formula is C12H12NOS+. The summed E-state index contributed by atoms with van der Waals surface area (Å²) < 4.78 is 2.12. The Morgan fingerprint density at radius 1 is 1.33 bits per heavy atom. The van der Waals surface area contributed by atoms with Gasteiger partial charge >= 0.3 is 0 Å². The van der Waals surface area contributed by atoms with Crippen LogP contribution in [0.4, 0.5) is 0 Å². The van der Waals surface area contributed by atoms with Gasteiger partial charge < -0.3 is 0 Å². The van der Waals surface area contributed by atoms with Gasteiger partial charge in [0.2, 0.25) is 5.51 Å². The van der Waals surface area contributed by atoms with Gasteiger partial charge in [-0.25, -0.2) is 0 Å². The van der Waals surface area contributed by atoms with Crippen molar-refractivity contribution in [1.82, 2.24) is 0 Å². The normalized spacial score (nSPS) is 10.2. The van der Waals surface area contributed by atoms with E-state index in [1.165, 1.54) is 5.56 Å². The number of rotatable bonds is 3. The molecule has 0 atom stereocenters. The lowest BCUT2D eigenvalue weighted by molar-refractivity contribution is -0.683. The van der Waals surface area contributed by atoms with Gasteiger partial charge in [0.25, 0.3) is 0 Å². The predicted octanol–water partition coefficient (Wildman–Crippen LogP) is 2.29.